The van der Waals surface area contributed by atoms with Gasteiger partial charge in [-0.25, -0.2) is 0 Å². The van der Waals surface area contributed by atoms with Gasteiger partial charge >= 0.3 is 5.51 Å². The van der Waals surface area contributed by atoms with Crippen LogP contribution in [-0.4, -0.2) is 37.4 Å². The predicted octanol–water partition coefficient (Wildman–Crippen LogP) is 2.62. The minimum Gasteiger partial charge on any atom is -0.497 e. The summed E-state index contributed by atoms with van der Waals surface area (Å²) in [6, 6.07) is 5.36. The van der Waals surface area contributed by atoms with Crippen LogP contribution in [0.15, 0.2) is 18.2 Å². The molecular formula is C14H16F3NO3S. The normalized spacial score (nSPS) is 17.4. The molecule has 0 spiro atoms. The van der Waals surface area contributed by atoms with Gasteiger partial charge in [-0.1, -0.05) is 6.07 Å². The fourth-order valence-corrected chi connectivity index (χ4v) is 2.57. The molecule has 2 rings (SSSR count). The first-order chi connectivity index (χ1) is 10.4. The minimum atomic E-state index is -4.27. The van der Waals surface area contributed by atoms with Crippen LogP contribution in [0.1, 0.15) is 5.56 Å². The van der Waals surface area contributed by atoms with Crippen molar-refractivity contribution in [2.75, 3.05) is 26.0 Å². The third-order valence-electron chi connectivity index (χ3n) is 3.22. The lowest BCUT2D eigenvalue weighted by molar-refractivity contribution is -0.126. The van der Waals surface area contributed by atoms with Crippen molar-refractivity contribution >= 4 is 17.7 Å². The molecule has 1 atom stereocenters. The molecule has 1 N–H and O–H groups in total. The SMILES string of the molecule is COc1ccc2c(c1)OC[C@@H](C(=O)NCCSC(F)(F)F)C2. The van der Waals surface area contributed by atoms with E-state index in [1.807, 2.05) is 6.07 Å². The summed E-state index contributed by atoms with van der Waals surface area (Å²) in [5, 5.41) is 2.51. The van der Waals surface area contributed by atoms with Crippen molar-refractivity contribution in [2.24, 2.45) is 5.92 Å². The lowest BCUT2D eigenvalue weighted by Crippen LogP contribution is -2.38. The summed E-state index contributed by atoms with van der Waals surface area (Å²) in [6.45, 7) is 0.188. The van der Waals surface area contributed by atoms with Gasteiger partial charge in [0.15, 0.2) is 0 Å². The number of ether oxygens (including phenoxy) is 2. The van der Waals surface area contributed by atoms with E-state index in [1.54, 1.807) is 19.2 Å². The molecule has 22 heavy (non-hydrogen) atoms. The fraction of sp³-hybridized carbons (Fsp3) is 0.500. The van der Waals surface area contributed by atoms with E-state index in [0.29, 0.717) is 17.9 Å². The molecule has 0 aromatic heterocycles. The summed E-state index contributed by atoms with van der Waals surface area (Å²) in [5.41, 5.74) is -3.38. The van der Waals surface area contributed by atoms with E-state index in [2.05, 4.69) is 5.32 Å². The zero-order valence-electron chi connectivity index (χ0n) is 11.9. The van der Waals surface area contributed by atoms with Gasteiger partial charge < -0.3 is 14.8 Å². The number of carbonyl (C=O) groups is 1. The molecule has 0 unspecified atom stereocenters. The number of methoxy groups -OCH3 is 1. The second kappa shape index (κ2) is 7.13. The molecule has 1 heterocycles. The van der Waals surface area contributed by atoms with Crippen molar-refractivity contribution in [3.05, 3.63) is 23.8 Å². The number of benzene rings is 1. The van der Waals surface area contributed by atoms with E-state index in [0.717, 1.165) is 5.56 Å². The lowest BCUT2D eigenvalue weighted by Gasteiger charge is -2.25. The summed E-state index contributed by atoms with van der Waals surface area (Å²) in [6.07, 6.45) is 0.498. The van der Waals surface area contributed by atoms with Crippen molar-refractivity contribution < 1.29 is 27.4 Å². The van der Waals surface area contributed by atoms with Gasteiger partial charge in [-0.05, 0) is 29.8 Å². The average Bonchev–Trinajstić information content (AvgIpc) is 2.49. The maximum absolute atomic E-state index is 12.0. The Hall–Kier alpha value is -1.57. The van der Waals surface area contributed by atoms with E-state index in [4.69, 9.17) is 9.47 Å². The van der Waals surface area contributed by atoms with Crippen LogP contribution < -0.4 is 14.8 Å². The number of alkyl halides is 3. The number of thioether (sulfide) groups is 1. The van der Waals surface area contributed by atoms with Crippen molar-refractivity contribution in [1.82, 2.24) is 5.32 Å². The number of hydrogen-bond donors (Lipinski definition) is 1. The molecule has 0 bridgehead atoms. The first kappa shape index (κ1) is 16.8. The Morgan fingerprint density at radius 3 is 2.95 bits per heavy atom. The first-order valence-corrected chi connectivity index (χ1v) is 7.65. The molecule has 1 aromatic rings. The Morgan fingerprint density at radius 2 is 2.27 bits per heavy atom. The summed E-state index contributed by atoms with van der Waals surface area (Å²) in [4.78, 5) is 11.9. The molecule has 0 saturated heterocycles. The molecule has 122 valence electrons. The molecule has 8 heteroatoms. The molecule has 1 aliphatic rings. The topological polar surface area (TPSA) is 47.6 Å². The maximum atomic E-state index is 12.0. The minimum absolute atomic E-state index is 0.0189. The van der Waals surface area contributed by atoms with Crippen LogP contribution in [0.25, 0.3) is 0 Å². The molecule has 4 nitrogen and oxygen atoms in total. The summed E-state index contributed by atoms with van der Waals surface area (Å²) >= 11 is -0.145. The predicted molar refractivity (Wildman–Crippen MR) is 77.2 cm³/mol. The molecule has 0 saturated carbocycles. The fourth-order valence-electron chi connectivity index (χ4n) is 2.13. The summed E-state index contributed by atoms with van der Waals surface area (Å²) < 4.78 is 46.6. The third-order valence-corrected chi connectivity index (χ3v) is 3.95. The van der Waals surface area contributed by atoms with E-state index < -0.39 is 11.4 Å². The highest BCUT2D eigenvalue weighted by Crippen LogP contribution is 2.31. The first-order valence-electron chi connectivity index (χ1n) is 6.67. The molecule has 0 fully saturated rings. The molecular weight excluding hydrogens is 319 g/mol. The van der Waals surface area contributed by atoms with Crippen LogP contribution >= 0.6 is 11.8 Å². The van der Waals surface area contributed by atoms with Crippen molar-refractivity contribution in [1.29, 1.82) is 0 Å². The van der Waals surface area contributed by atoms with Crippen LogP contribution in [-0.2, 0) is 11.2 Å². The van der Waals surface area contributed by atoms with Crippen LogP contribution in [0.2, 0.25) is 0 Å². The monoisotopic (exact) mass is 335 g/mol. The number of halogens is 3. The van der Waals surface area contributed by atoms with Gasteiger partial charge in [-0.3, -0.25) is 4.79 Å². The van der Waals surface area contributed by atoms with Gasteiger partial charge in [-0.2, -0.15) is 13.2 Å². The zero-order valence-corrected chi connectivity index (χ0v) is 12.7. The number of hydrogen-bond acceptors (Lipinski definition) is 4. The second-order valence-electron chi connectivity index (χ2n) is 4.77. The Balaban J connectivity index is 1.83. The van der Waals surface area contributed by atoms with Gasteiger partial charge in [0.1, 0.15) is 18.1 Å². The maximum Gasteiger partial charge on any atom is 0.441 e. The van der Waals surface area contributed by atoms with E-state index in [9.17, 15) is 18.0 Å². The van der Waals surface area contributed by atoms with Gasteiger partial charge in [0.25, 0.3) is 0 Å². The largest absolute Gasteiger partial charge is 0.497 e. The van der Waals surface area contributed by atoms with E-state index >= 15 is 0 Å². The number of carbonyl (C=O) groups excluding carboxylic acids is 1. The van der Waals surface area contributed by atoms with Crippen molar-refractivity contribution in [2.45, 2.75) is 11.9 Å². The molecule has 1 aromatic carbocycles. The Labute approximate surface area is 130 Å². The Morgan fingerprint density at radius 1 is 1.50 bits per heavy atom. The van der Waals surface area contributed by atoms with Crippen LogP contribution in [0.4, 0.5) is 13.2 Å². The second-order valence-corrected chi connectivity index (χ2v) is 5.93. The third kappa shape index (κ3) is 4.72. The Kier molecular flexibility index (Phi) is 5.44. The standard InChI is InChI=1S/C14H16F3NO3S/c1-20-11-3-2-9-6-10(8-21-12(9)7-11)13(19)18-4-5-22-14(15,16)17/h2-3,7,10H,4-6,8H2,1H3,(H,18,19)/t10-/m0/s1. The van der Waals surface area contributed by atoms with Gasteiger partial charge in [0.2, 0.25) is 5.91 Å². The van der Waals surface area contributed by atoms with E-state index in [-0.39, 0.29) is 36.6 Å². The van der Waals surface area contributed by atoms with E-state index in [1.165, 1.54) is 0 Å². The van der Waals surface area contributed by atoms with Gasteiger partial charge in [0.05, 0.1) is 13.0 Å². The highest BCUT2D eigenvalue weighted by atomic mass is 32.2. The molecule has 1 amide bonds. The Bertz CT molecular complexity index is 537. The zero-order chi connectivity index (χ0) is 16.2. The molecule has 0 radical (unpaired) electrons. The summed E-state index contributed by atoms with van der Waals surface area (Å²) in [5.74, 6) is 0.472. The number of nitrogens with one attached hydrogen (secondary N) is 1. The van der Waals surface area contributed by atoms with Crippen molar-refractivity contribution in [3.8, 4) is 11.5 Å². The van der Waals surface area contributed by atoms with Crippen LogP contribution in [0.3, 0.4) is 0 Å². The molecule has 1 aliphatic heterocycles. The highest BCUT2D eigenvalue weighted by molar-refractivity contribution is 8.00. The lowest BCUT2D eigenvalue weighted by atomic mass is 9.96. The molecule has 0 aliphatic carbocycles. The van der Waals surface area contributed by atoms with Gasteiger partial charge in [-0.15, -0.1) is 0 Å². The van der Waals surface area contributed by atoms with Gasteiger partial charge in [0, 0.05) is 18.4 Å². The smallest absolute Gasteiger partial charge is 0.441 e. The average molecular weight is 335 g/mol. The highest BCUT2D eigenvalue weighted by Gasteiger charge is 2.29. The number of fused-ring (bicyclic) bond motifs is 1. The summed E-state index contributed by atoms with van der Waals surface area (Å²) in [7, 11) is 1.56. The number of rotatable bonds is 5. The van der Waals surface area contributed by atoms with Crippen molar-refractivity contribution in [3.63, 3.8) is 0 Å². The number of amides is 1. The van der Waals surface area contributed by atoms with Crippen LogP contribution in [0.5, 0.6) is 11.5 Å². The quantitative estimate of drug-likeness (QED) is 0.841. The van der Waals surface area contributed by atoms with Crippen LogP contribution in [0, 0.1) is 5.92 Å².